The first kappa shape index (κ1) is 13.9. The molecule has 1 aliphatic heterocycles. The smallest absolute Gasteiger partial charge is 0.0110 e. The Morgan fingerprint density at radius 2 is 1.94 bits per heavy atom. The molecule has 1 unspecified atom stereocenters. The molecule has 0 bridgehead atoms. The van der Waals surface area contributed by atoms with Crippen molar-refractivity contribution in [3.63, 3.8) is 0 Å². The zero-order valence-corrected chi connectivity index (χ0v) is 11.1. The molecule has 0 radical (unpaired) electrons. The lowest BCUT2D eigenvalue weighted by Gasteiger charge is -2.32. The summed E-state index contributed by atoms with van der Waals surface area (Å²) in [4.78, 5) is 2.60. The van der Waals surface area contributed by atoms with E-state index in [0.29, 0.717) is 0 Å². The first-order valence-electron chi connectivity index (χ1n) is 7.00. The standard InChI is InChI=1S/C13H29N3/c1-3-4-5-7-14-8-6-13(2)16-11-9-15-10-12-16/h13-15H,3-12H2,1-2H3. The largest absolute Gasteiger partial charge is 0.317 e. The van der Waals surface area contributed by atoms with Crippen LogP contribution in [0.25, 0.3) is 0 Å². The normalized spacial score (nSPS) is 19.9. The fraction of sp³-hybridized carbons (Fsp3) is 1.00. The fourth-order valence-corrected chi connectivity index (χ4v) is 2.24. The number of unbranched alkanes of at least 4 members (excludes halogenated alkanes) is 2. The molecular weight excluding hydrogens is 198 g/mol. The minimum atomic E-state index is 0.737. The van der Waals surface area contributed by atoms with Crippen molar-refractivity contribution in [2.24, 2.45) is 0 Å². The van der Waals surface area contributed by atoms with Crippen molar-refractivity contribution in [2.75, 3.05) is 39.3 Å². The van der Waals surface area contributed by atoms with Crippen LogP contribution in [-0.2, 0) is 0 Å². The zero-order chi connectivity index (χ0) is 11.6. The van der Waals surface area contributed by atoms with Crippen molar-refractivity contribution in [1.82, 2.24) is 15.5 Å². The molecule has 3 nitrogen and oxygen atoms in total. The first-order valence-corrected chi connectivity index (χ1v) is 7.00. The zero-order valence-electron chi connectivity index (χ0n) is 11.1. The lowest BCUT2D eigenvalue weighted by atomic mass is 10.1. The lowest BCUT2D eigenvalue weighted by Crippen LogP contribution is -2.48. The van der Waals surface area contributed by atoms with Crippen molar-refractivity contribution in [1.29, 1.82) is 0 Å². The van der Waals surface area contributed by atoms with Crippen LogP contribution in [0.4, 0.5) is 0 Å². The van der Waals surface area contributed by atoms with Gasteiger partial charge in [0.05, 0.1) is 0 Å². The van der Waals surface area contributed by atoms with Gasteiger partial charge in [0.25, 0.3) is 0 Å². The highest BCUT2D eigenvalue weighted by Gasteiger charge is 2.15. The molecule has 96 valence electrons. The van der Waals surface area contributed by atoms with Crippen molar-refractivity contribution >= 4 is 0 Å². The molecule has 1 saturated heterocycles. The molecule has 1 heterocycles. The summed E-state index contributed by atoms with van der Waals surface area (Å²) < 4.78 is 0. The van der Waals surface area contributed by atoms with E-state index in [0.717, 1.165) is 19.1 Å². The minimum absolute atomic E-state index is 0.737. The van der Waals surface area contributed by atoms with E-state index >= 15 is 0 Å². The van der Waals surface area contributed by atoms with Gasteiger partial charge < -0.3 is 10.6 Å². The van der Waals surface area contributed by atoms with Crippen LogP contribution in [0.15, 0.2) is 0 Å². The number of hydrogen-bond donors (Lipinski definition) is 2. The Morgan fingerprint density at radius 3 is 2.62 bits per heavy atom. The molecule has 0 aromatic heterocycles. The fourth-order valence-electron chi connectivity index (χ4n) is 2.24. The Bertz CT molecular complexity index is 155. The molecule has 1 atom stereocenters. The maximum Gasteiger partial charge on any atom is 0.0110 e. The van der Waals surface area contributed by atoms with Crippen LogP contribution >= 0.6 is 0 Å². The van der Waals surface area contributed by atoms with Gasteiger partial charge in [0.2, 0.25) is 0 Å². The van der Waals surface area contributed by atoms with Gasteiger partial charge in [0, 0.05) is 32.2 Å². The topological polar surface area (TPSA) is 27.3 Å². The van der Waals surface area contributed by atoms with E-state index in [4.69, 9.17) is 0 Å². The van der Waals surface area contributed by atoms with Gasteiger partial charge in [-0.3, -0.25) is 4.90 Å². The summed E-state index contributed by atoms with van der Waals surface area (Å²) in [5, 5.41) is 6.95. The molecule has 0 spiro atoms. The first-order chi connectivity index (χ1) is 7.84. The molecule has 1 aliphatic rings. The molecule has 0 aromatic rings. The predicted octanol–water partition coefficient (Wildman–Crippen LogP) is 1.45. The molecule has 0 amide bonds. The molecule has 1 fully saturated rings. The van der Waals surface area contributed by atoms with Crippen LogP contribution in [0.3, 0.4) is 0 Å². The number of rotatable bonds is 8. The van der Waals surface area contributed by atoms with Gasteiger partial charge in [-0.15, -0.1) is 0 Å². The highest BCUT2D eigenvalue weighted by molar-refractivity contribution is 4.74. The monoisotopic (exact) mass is 227 g/mol. The molecule has 2 N–H and O–H groups in total. The molecule has 0 aromatic carbocycles. The van der Waals surface area contributed by atoms with Crippen LogP contribution in [0.2, 0.25) is 0 Å². The molecule has 1 rings (SSSR count). The third kappa shape index (κ3) is 5.83. The predicted molar refractivity (Wildman–Crippen MR) is 70.9 cm³/mol. The molecule has 16 heavy (non-hydrogen) atoms. The van der Waals surface area contributed by atoms with Crippen LogP contribution in [0.1, 0.15) is 39.5 Å². The summed E-state index contributed by atoms with van der Waals surface area (Å²) in [5.74, 6) is 0. The van der Waals surface area contributed by atoms with Gasteiger partial charge >= 0.3 is 0 Å². The van der Waals surface area contributed by atoms with Crippen LogP contribution < -0.4 is 10.6 Å². The summed E-state index contributed by atoms with van der Waals surface area (Å²) >= 11 is 0. The number of hydrogen-bond acceptors (Lipinski definition) is 3. The third-order valence-electron chi connectivity index (χ3n) is 3.47. The van der Waals surface area contributed by atoms with Crippen LogP contribution in [0, 0.1) is 0 Å². The van der Waals surface area contributed by atoms with Crippen molar-refractivity contribution in [2.45, 2.75) is 45.6 Å². The maximum absolute atomic E-state index is 3.55. The number of piperazine rings is 1. The summed E-state index contributed by atoms with van der Waals surface area (Å²) in [5.41, 5.74) is 0. The average molecular weight is 227 g/mol. The summed E-state index contributed by atoms with van der Waals surface area (Å²) in [7, 11) is 0. The van der Waals surface area contributed by atoms with Gasteiger partial charge in [-0.05, 0) is 32.9 Å². The van der Waals surface area contributed by atoms with Gasteiger partial charge in [-0.1, -0.05) is 19.8 Å². The maximum atomic E-state index is 3.55. The summed E-state index contributed by atoms with van der Waals surface area (Å²) in [6.45, 7) is 11.7. The summed E-state index contributed by atoms with van der Waals surface area (Å²) in [6.07, 6.45) is 5.30. The molecular formula is C13H29N3. The highest BCUT2D eigenvalue weighted by Crippen LogP contribution is 2.04. The highest BCUT2D eigenvalue weighted by atomic mass is 15.2. The van der Waals surface area contributed by atoms with Crippen molar-refractivity contribution < 1.29 is 0 Å². The minimum Gasteiger partial charge on any atom is -0.317 e. The second-order valence-electron chi connectivity index (χ2n) is 4.88. The second kappa shape index (κ2) is 8.97. The summed E-state index contributed by atoms with van der Waals surface area (Å²) in [6, 6.07) is 0.737. The van der Waals surface area contributed by atoms with Gasteiger partial charge in [-0.25, -0.2) is 0 Å². The van der Waals surface area contributed by atoms with Crippen molar-refractivity contribution in [3.05, 3.63) is 0 Å². The number of nitrogens with one attached hydrogen (secondary N) is 2. The molecule has 3 heteroatoms. The Morgan fingerprint density at radius 1 is 1.19 bits per heavy atom. The van der Waals surface area contributed by atoms with E-state index in [9.17, 15) is 0 Å². The van der Waals surface area contributed by atoms with Crippen LogP contribution in [0.5, 0.6) is 0 Å². The van der Waals surface area contributed by atoms with Gasteiger partial charge in [0.15, 0.2) is 0 Å². The van der Waals surface area contributed by atoms with Crippen molar-refractivity contribution in [3.8, 4) is 0 Å². The van der Waals surface area contributed by atoms with E-state index < -0.39 is 0 Å². The SMILES string of the molecule is CCCCCNCCC(C)N1CCNCC1. The third-order valence-corrected chi connectivity index (χ3v) is 3.47. The number of nitrogens with zero attached hydrogens (tertiary/aromatic N) is 1. The molecule has 0 saturated carbocycles. The van der Waals surface area contributed by atoms with E-state index in [-0.39, 0.29) is 0 Å². The van der Waals surface area contributed by atoms with E-state index in [2.05, 4.69) is 29.4 Å². The van der Waals surface area contributed by atoms with Gasteiger partial charge in [0.1, 0.15) is 0 Å². The lowest BCUT2D eigenvalue weighted by molar-refractivity contribution is 0.176. The Hall–Kier alpha value is -0.120. The van der Waals surface area contributed by atoms with Crippen LogP contribution in [-0.4, -0.2) is 50.2 Å². The Balaban J connectivity index is 1.94. The Kier molecular flexibility index (Phi) is 7.81. The molecule has 0 aliphatic carbocycles. The average Bonchev–Trinajstić information content (AvgIpc) is 2.34. The van der Waals surface area contributed by atoms with Gasteiger partial charge in [-0.2, -0.15) is 0 Å². The van der Waals surface area contributed by atoms with E-state index in [1.165, 1.54) is 51.9 Å². The van der Waals surface area contributed by atoms with E-state index in [1.54, 1.807) is 0 Å². The van der Waals surface area contributed by atoms with E-state index in [1.807, 2.05) is 0 Å². The quantitative estimate of drug-likeness (QED) is 0.615. The Labute approximate surface area is 101 Å². The second-order valence-corrected chi connectivity index (χ2v) is 4.88.